The zero-order valence-corrected chi connectivity index (χ0v) is 18.0. The second-order valence-corrected chi connectivity index (χ2v) is 8.82. The molecular weight excluding hydrogens is 406 g/mol. The van der Waals surface area contributed by atoms with E-state index in [2.05, 4.69) is 26.9 Å². The Morgan fingerprint density at radius 2 is 1.75 bits per heavy atom. The largest absolute Gasteiger partial charge is 0.486 e. The van der Waals surface area contributed by atoms with Gasteiger partial charge >= 0.3 is 0 Å². The lowest BCUT2D eigenvalue weighted by molar-refractivity contribution is -0.137. The number of ether oxygens (including phenoxy) is 2. The predicted molar refractivity (Wildman–Crippen MR) is 120 cm³/mol. The Morgan fingerprint density at radius 1 is 0.938 bits per heavy atom. The Balaban J connectivity index is 1.13. The van der Waals surface area contributed by atoms with Crippen molar-refractivity contribution in [3.63, 3.8) is 0 Å². The molecule has 32 heavy (non-hydrogen) atoms. The van der Waals surface area contributed by atoms with Gasteiger partial charge in [-0.3, -0.25) is 4.79 Å². The number of hydrogen-bond acceptors (Lipinski definition) is 6. The van der Waals surface area contributed by atoms with Crippen LogP contribution in [0.5, 0.6) is 11.5 Å². The molecule has 3 aliphatic rings. The van der Waals surface area contributed by atoms with E-state index in [4.69, 9.17) is 13.9 Å². The van der Waals surface area contributed by atoms with Crippen LogP contribution in [0.2, 0.25) is 0 Å². The second kappa shape index (κ2) is 8.04. The summed E-state index contributed by atoms with van der Waals surface area (Å²) in [7, 11) is 0. The van der Waals surface area contributed by atoms with E-state index in [0.717, 1.165) is 73.5 Å². The lowest BCUT2D eigenvalue weighted by Gasteiger charge is -2.34. The maximum atomic E-state index is 13.5. The average Bonchev–Trinajstić information content (AvgIpc) is 3.51. The third kappa shape index (κ3) is 3.45. The third-order valence-corrected chi connectivity index (χ3v) is 6.88. The molecule has 0 unspecified atom stereocenters. The zero-order valence-electron chi connectivity index (χ0n) is 18.0. The molecule has 166 valence electrons. The molecule has 0 N–H and O–H groups in total. The van der Waals surface area contributed by atoms with Crippen LogP contribution >= 0.6 is 0 Å². The van der Waals surface area contributed by atoms with E-state index in [-0.39, 0.29) is 17.9 Å². The van der Waals surface area contributed by atoms with Crippen molar-refractivity contribution in [2.24, 2.45) is 5.92 Å². The molecule has 6 rings (SSSR count). The number of carbonyl (C=O) groups excluding carboxylic acids is 1. The van der Waals surface area contributed by atoms with Gasteiger partial charge in [-0.15, -0.1) is 0 Å². The summed E-state index contributed by atoms with van der Waals surface area (Å²) in [5, 5.41) is 0. The Kier molecular flexibility index (Phi) is 4.89. The maximum Gasteiger partial charge on any atom is 0.298 e. The number of benzene rings is 2. The number of rotatable bonds is 3. The number of amides is 1. The molecule has 0 radical (unpaired) electrons. The molecule has 7 heteroatoms. The minimum Gasteiger partial charge on any atom is -0.486 e. The van der Waals surface area contributed by atoms with Crippen molar-refractivity contribution >= 4 is 23.0 Å². The number of carbonyl (C=O) groups is 1. The second-order valence-electron chi connectivity index (χ2n) is 8.82. The van der Waals surface area contributed by atoms with Crippen LogP contribution in [0.1, 0.15) is 37.3 Å². The SMILES string of the molecule is O=C(C1CCN(c2nc3ccccc3o2)CC1)N1CCC[C@H]1c1ccc2c(c1)OCCO2. The number of oxazole rings is 1. The smallest absolute Gasteiger partial charge is 0.298 e. The Hall–Kier alpha value is -3.22. The first kappa shape index (κ1) is 19.5. The monoisotopic (exact) mass is 433 g/mol. The molecule has 0 spiro atoms. The van der Waals surface area contributed by atoms with Gasteiger partial charge in [0.25, 0.3) is 6.01 Å². The zero-order chi connectivity index (χ0) is 21.5. The van der Waals surface area contributed by atoms with Gasteiger partial charge in [-0.25, -0.2) is 0 Å². The highest BCUT2D eigenvalue weighted by Crippen LogP contribution is 2.39. The van der Waals surface area contributed by atoms with Crippen LogP contribution in [0.15, 0.2) is 46.9 Å². The molecule has 2 fully saturated rings. The highest BCUT2D eigenvalue weighted by molar-refractivity contribution is 5.80. The number of anilines is 1. The topological polar surface area (TPSA) is 68.0 Å². The fourth-order valence-electron chi connectivity index (χ4n) is 5.19. The minimum atomic E-state index is 0.0495. The molecule has 0 bridgehead atoms. The summed E-state index contributed by atoms with van der Waals surface area (Å²) in [6, 6.07) is 14.7. The highest BCUT2D eigenvalue weighted by atomic mass is 16.6. The summed E-state index contributed by atoms with van der Waals surface area (Å²) in [6.45, 7) is 3.55. The van der Waals surface area contributed by atoms with Crippen molar-refractivity contribution in [1.29, 1.82) is 0 Å². The van der Waals surface area contributed by atoms with Crippen molar-refractivity contribution < 1.29 is 18.7 Å². The fraction of sp³-hybridized carbons (Fsp3) is 0.440. The standard InChI is InChI=1S/C25H27N3O4/c29-24(17-9-12-27(13-10-17)25-26-19-4-1-2-6-21(19)32-25)28-11-3-5-20(28)18-7-8-22-23(16-18)31-15-14-30-22/h1-2,4,6-8,16-17,20H,3,5,9-15H2/t20-/m0/s1. The minimum absolute atomic E-state index is 0.0495. The first-order chi connectivity index (χ1) is 15.8. The number of fused-ring (bicyclic) bond motifs is 2. The molecule has 3 aromatic rings. The van der Waals surface area contributed by atoms with E-state index in [9.17, 15) is 4.79 Å². The van der Waals surface area contributed by atoms with E-state index >= 15 is 0 Å². The summed E-state index contributed by atoms with van der Waals surface area (Å²) >= 11 is 0. The normalized spacial score (nSPS) is 21.3. The first-order valence-electron chi connectivity index (χ1n) is 11.6. The third-order valence-electron chi connectivity index (χ3n) is 6.88. The van der Waals surface area contributed by atoms with Gasteiger partial charge in [-0.1, -0.05) is 18.2 Å². The van der Waals surface area contributed by atoms with Crippen molar-refractivity contribution in [3.8, 4) is 11.5 Å². The van der Waals surface area contributed by atoms with Gasteiger partial charge in [0.15, 0.2) is 17.1 Å². The molecule has 4 heterocycles. The van der Waals surface area contributed by atoms with E-state index in [1.165, 1.54) is 0 Å². The average molecular weight is 434 g/mol. The van der Waals surface area contributed by atoms with E-state index in [1.54, 1.807) is 0 Å². The Morgan fingerprint density at radius 3 is 2.59 bits per heavy atom. The van der Waals surface area contributed by atoms with Gasteiger partial charge in [-0.05, 0) is 55.5 Å². The summed E-state index contributed by atoms with van der Waals surface area (Å²) < 4.78 is 17.3. The number of aromatic nitrogens is 1. The molecular formula is C25H27N3O4. The fourth-order valence-corrected chi connectivity index (χ4v) is 5.19. The summed E-state index contributed by atoms with van der Waals surface area (Å²) in [5.74, 6) is 1.91. The number of para-hydroxylation sites is 2. The lowest BCUT2D eigenvalue weighted by atomic mass is 9.94. The van der Waals surface area contributed by atoms with Crippen molar-refractivity contribution in [3.05, 3.63) is 48.0 Å². The number of hydrogen-bond donors (Lipinski definition) is 0. The predicted octanol–water partition coefficient (Wildman–Crippen LogP) is 4.18. The summed E-state index contributed by atoms with van der Waals surface area (Å²) in [4.78, 5) is 22.3. The molecule has 3 aliphatic heterocycles. The molecule has 0 aliphatic carbocycles. The van der Waals surface area contributed by atoms with E-state index in [1.807, 2.05) is 30.3 Å². The summed E-state index contributed by atoms with van der Waals surface area (Å²) in [5.41, 5.74) is 2.82. The summed E-state index contributed by atoms with van der Waals surface area (Å²) in [6.07, 6.45) is 3.67. The highest BCUT2D eigenvalue weighted by Gasteiger charge is 2.36. The van der Waals surface area contributed by atoms with Crippen LogP contribution < -0.4 is 14.4 Å². The van der Waals surface area contributed by atoms with Crippen molar-refractivity contribution in [2.45, 2.75) is 31.7 Å². The van der Waals surface area contributed by atoms with Gasteiger partial charge in [0.1, 0.15) is 18.7 Å². The molecule has 1 amide bonds. The Bertz CT molecular complexity index is 1100. The lowest BCUT2D eigenvalue weighted by Crippen LogP contribution is -2.42. The number of nitrogens with zero attached hydrogens (tertiary/aromatic N) is 3. The van der Waals surface area contributed by atoms with Crippen LogP contribution in [-0.2, 0) is 4.79 Å². The Labute approximate surface area is 186 Å². The van der Waals surface area contributed by atoms with E-state index in [0.29, 0.717) is 19.2 Å². The van der Waals surface area contributed by atoms with Crippen LogP contribution in [-0.4, -0.2) is 48.6 Å². The molecule has 1 aromatic heterocycles. The number of likely N-dealkylation sites (tertiary alicyclic amines) is 1. The molecule has 7 nitrogen and oxygen atoms in total. The number of piperidine rings is 1. The van der Waals surface area contributed by atoms with Crippen LogP contribution in [0.25, 0.3) is 11.1 Å². The molecule has 1 atom stereocenters. The molecule has 0 saturated carbocycles. The van der Waals surface area contributed by atoms with Gasteiger partial charge in [-0.2, -0.15) is 4.98 Å². The molecule has 2 aromatic carbocycles. The van der Waals surface area contributed by atoms with Gasteiger partial charge in [0, 0.05) is 25.6 Å². The van der Waals surface area contributed by atoms with Crippen molar-refractivity contribution in [2.75, 3.05) is 37.7 Å². The van der Waals surface area contributed by atoms with Crippen LogP contribution in [0.4, 0.5) is 6.01 Å². The van der Waals surface area contributed by atoms with Crippen molar-refractivity contribution in [1.82, 2.24) is 9.88 Å². The van der Waals surface area contributed by atoms with Gasteiger partial charge in [0.05, 0.1) is 6.04 Å². The van der Waals surface area contributed by atoms with Crippen LogP contribution in [0.3, 0.4) is 0 Å². The van der Waals surface area contributed by atoms with E-state index < -0.39 is 0 Å². The van der Waals surface area contributed by atoms with Gasteiger partial charge < -0.3 is 23.7 Å². The quantitative estimate of drug-likeness (QED) is 0.617. The first-order valence-corrected chi connectivity index (χ1v) is 11.6. The van der Waals surface area contributed by atoms with Crippen LogP contribution in [0, 0.1) is 5.92 Å². The van der Waals surface area contributed by atoms with Gasteiger partial charge in [0.2, 0.25) is 5.91 Å². The maximum absolute atomic E-state index is 13.5. The molecule has 2 saturated heterocycles.